The van der Waals surface area contributed by atoms with Crippen molar-refractivity contribution in [2.75, 3.05) is 13.9 Å². The van der Waals surface area contributed by atoms with Crippen LogP contribution in [0.5, 0.6) is 5.75 Å². The summed E-state index contributed by atoms with van der Waals surface area (Å²) >= 11 is 0. The first-order chi connectivity index (χ1) is 6.77. The quantitative estimate of drug-likeness (QED) is 0.438. The largest absolute Gasteiger partial charge is 0.508 e. The number of rotatable bonds is 5. The molecule has 1 rings (SSSR count). The van der Waals surface area contributed by atoms with Gasteiger partial charge in [-0.3, -0.25) is 4.79 Å². The molecule has 0 aliphatic heterocycles. The van der Waals surface area contributed by atoms with Gasteiger partial charge in [-0.05, 0) is 18.2 Å². The summed E-state index contributed by atoms with van der Waals surface area (Å²) in [5.41, 5.74) is 1.09. The summed E-state index contributed by atoms with van der Waals surface area (Å²) in [5, 5.41) is 9.39. The Bertz CT molecular complexity index is 309. The number of phenolic OH excluding ortho intramolecular Hbond substituents is 1. The first-order valence-corrected chi connectivity index (χ1v) is 4.11. The highest BCUT2D eigenvalue weighted by Crippen LogP contribution is 2.18. The van der Waals surface area contributed by atoms with E-state index in [0.29, 0.717) is 11.1 Å². The van der Waals surface area contributed by atoms with E-state index in [1.165, 1.54) is 13.2 Å². The average molecular weight is 196 g/mol. The Hall–Kier alpha value is -1.39. The molecule has 0 amide bonds. The number of phenols is 1. The highest BCUT2D eigenvalue weighted by molar-refractivity contribution is 5.75. The molecule has 0 saturated carbocycles. The molecule has 0 saturated heterocycles. The molecule has 0 atom stereocenters. The second kappa shape index (κ2) is 5.36. The Labute approximate surface area is 82.1 Å². The molecule has 76 valence electrons. The number of methoxy groups -OCH3 is 1. The van der Waals surface area contributed by atoms with E-state index in [1.807, 2.05) is 0 Å². The first-order valence-electron chi connectivity index (χ1n) is 4.11. The molecule has 1 N–H and O–H groups in total. The van der Waals surface area contributed by atoms with Gasteiger partial charge in [-0.15, -0.1) is 0 Å². The summed E-state index contributed by atoms with van der Waals surface area (Å²) in [6.45, 7) is 0.381. The van der Waals surface area contributed by atoms with Crippen molar-refractivity contribution in [3.63, 3.8) is 0 Å². The highest BCUT2D eigenvalue weighted by atomic mass is 16.7. The molecule has 4 heteroatoms. The van der Waals surface area contributed by atoms with Gasteiger partial charge >= 0.3 is 0 Å². The second-order valence-corrected chi connectivity index (χ2v) is 2.76. The third-order valence-corrected chi connectivity index (χ3v) is 1.70. The van der Waals surface area contributed by atoms with Gasteiger partial charge in [-0.2, -0.15) is 0 Å². The number of carbonyl (C=O) groups is 1. The first kappa shape index (κ1) is 10.7. The van der Waals surface area contributed by atoms with Gasteiger partial charge in [0.2, 0.25) is 0 Å². The van der Waals surface area contributed by atoms with E-state index < -0.39 is 0 Å². The van der Waals surface area contributed by atoms with E-state index in [4.69, 9.17) is 4.74 Å². The standard InChI is InChI=1S/C10H12O4/c1-13-7-14-6-9-4-8(5-11)2-3-10(9)12/h2-5,12H,6-7H2,1H3. The third-order valence-electron chi connectivity index (χ3n) is 1.70. The fraction of sp³-hybridized carbons (Fsp3) is 0.300. The predicted molar refractivity (Wildman–Crippen MR) is 50.2 cm³/mol. The van der Waals surface area contributed by atoms with Crippen molar-refractivity contribution in [2.24, 2.45) is 0 Å². The van der Waals surface area contributed by atoms with Crippen molar-refractivity contribution in [3.05, 3.63) is 29.3 Å². The van der Waals surface area contributed by atoms with Crippen LogP contribution in [0.15, 0.2) is 18.2 Å². The lowest BCUT2D eigenvalue weighted by Gasteiger charge is -2.05. The number of hydrogen-bond donors (Lipinski definition) is 1. The van der Waals surface area contributed by atoms with E-state index in [1.54, 1.807) is 12.1 Å². The average Bonchev–Trinajstić information content (AvgIpc) is 2.21. The van der Waals surface area contributed by atoms with Gasteiger partial charge in [-0.25, -0.2) is 0 Å². The number of aromatic hydroxyl groups is 1. The van der Waals surface area contributed by atoms with Crippen LogP contribution in [0.25, 0.3) is 0 Å². The van der Waals surface area contributed by atoms with E-state index in [0.717, 1.165) is 6.29 Å². The zero-order valence-electron chi connectivity index (χ0n) is 7.90. The van der Waals surface area contributed by atoms with Gasteiger partial charge in [0.25, 0.3) is 0 Å². The lowest BCUT2D eigenvalue weighted by atomic mass is 10.1. The summed E-state index contributed by atoms with van der Waals surface area (Å²) in [4.78, 5) is 10.5. The van der Waals surface area contributed by atoms with Crippen LogP contribution in [-0.4, -0.2) is 25.3 Å². The maximum atomic E-state index is 10.5. The molecule has 0 aromatic heterocycles. The van der Waals surface area contributed by atoms with E-state index in [2.05, 4.69) is 4.74 Å². The van der Waals surface area contributed by atoms with Crippen LogP contribution in [0.2, 0.25) is 0 Å². The van der Waals surface area contributed by atoms with Crippen LogP contribution < -0.4 is 0 Å². The molecular weight excluding hydrogens is 184 g/mol. The van der Waals surface area contributed by atoms with Crippen LogP contribution in [0.3, 0.4) is 0 Å². The Morgan fingerprint density at radius 3 is 2.93 bits per heavy atom. The molecule has 1 aromatic rings. The summed E-state index contributed by atoms with van der Waals surface area (Å²) in [6, 6.07) is 4.59. The molecule has 0 bridgehead atoms. The molecule has 0 spiro atoms. The molecular formula is C10H12O4. The molecule has 14 heavy (non-hydrogen) atoms. The summed E-state index contributed by atoms with van der Waals surface area (Å²) in [5.74, 6) is 0.117. The maximum absolute atomic E-state index is 10.5. The van der Waals surface area contributed by atoms with Crippen molar-refractivity contribution < 1.29 is 19.4 Å². The van der Waals surface area contributed by atoms with Crippen molar-refractivity contribution in [3.8, 4) is 5.75 Å². The minimum Gasteiger partial charge on any atom is -0.508 e. The summed E-state index contributed by atoms with van der Waals surface area (Å²) in [6.07, 6.45) is 0.721. The Morgan fingerprint density at radius 2 is 2.29 bits per heavy atom. The summed E-state index contributed by atoms with van der Waals surface area (Å²) < 4.78 is 9.74. The maximum Gasteiger partial charge on any atom is 0.150 e. The van der Waals surface area contributed by atoms with Gasteiger partial charge in [-0.1, -0.05) is 0 Å². The monoisotopic (exact) mass is 196 g/mol. The number of hydrogen-bond acceptors (Lipinski definition) is 4. The Balaban J connectivity index is 2.68. The van der Waals surface area contributed by atoms with Crippen LogP contribution >= 0.6 is 0 Å². The number of aldehydes is 1. The fourth-order valence-corrected chi connectivity index (χ4v) is 1.03. The van der Waals surface area contributed by atoms with Crippen molar-refractivity contribution in [2.45, 2.75) is 6.61 Å². The van der Waals surface area contributed by atoms with E-state index in [-0.39, 0.29) is 19.1 Å². The highest BCUT2D eigenvalue weighted by Gasteiger charge is 2.02. The molecule has 4 nitrogen and oxygen atoms in total. The Kier molecular flexibility index (Phi) is 4.10. The van der Waals surface area contributed by atoms with Gasteiger partial charge in [0.1, 0.15) is 18.8 Å². The van der Waals surface area contributed by atoms with Crippen molar-refractivity contribution >= 4 is 6.29 Å². The van der Waals surface area contributed by atoms with Gasteiger partial charge in [0.15, 0.2) is 0 Å². The molecule has 0 unspecified atom stereocenters. The van der Waals surface area contributed by atoms with Gasteiger partial charge < -0.3 is 14.6 Å². The van der Waals surface area contributed by atoms with Crippen LogP contribution in [-0.2, 0) is 16.1 Å². The lowest BCUT2D eigenvalue weighted by Crippen LogP contribution is -1.97. The normalized spacial score (nSPS) is 10.1. The fourth-order valence-electron chi connectivity index (χ4n) is 1.03. The van der Waals surface area contributed by atoms with Crippen LogP contribution in [0, 0.1) is 0 Å². The summed E-state index contributed by atoms with van der Waals surface area (Å²) in [7, 11) is 1.52. The van der Waals surface area contributed by atoms with Crippen molar-refractivity contribution in [1.29, 1.82) is 0 Å². The molecule has 0 heterocycles. The van der Waals surface area contributed by atoms with Gasteiger partial charge in [0, 0.05) is 18.2 Å². The van der Waals surface area contributed by atoms with Crippen molar-refractivity contribution in [1.82, 2.24) is 0 Å². The molecule has 0 radical (unpaired) electrons. The third kappa shape index (κ3) is 2.83. The Morgan fingerprint density at radius 1 is 1.50 bits per heavy atom. The number of benzene rings is 1. The predicted octanol–water partition coefficient (Wildman–Crippen LogP) is 1.33. The minimum atomic E-state index is 0.117. The van der Waals surface area contributed by atoms with E-state index in [9.17, 15) is 9.90 Å². The zero-order chi connectivity index (χ0) is 10.4. The van der Waals surface area contributed by atoms with Gasteiger partial charge in [0.05, 0.1) is 6.61 Å². The minimum absolute atomic E-state index is 0.117. The molecule has 1 aromatic carbocycles. The van der Waals surface area contributed by atoms with E-state index >= 15 is 0 Å². The molecule has 0 fully saturated rings. The lowest BCUT2D eigenvalue weighted by molar-refractivity contribution is -0.0395. The SMILES string of the molecule is COCOCc1cc(C=O)ccc1O. The van der Waals surface area contributed by atoms with Crippen LogP contribution in [0.1, 0.15) is 15.9 Å². The second-order valence-electron chi connectivity index (χ2n) is 2.76. The number of carbonyl (C=O) groups excluding carboxylic acids is 1. The molecule has 0 aliphatic carbocycles. The smallest absolute Gasteiger partial charge is 0.150 e. The number of ether oxygens (including phenoxy) is 2. The zero-order valence-corrected chi connectivity index (χ0v) is 7.90. The molecule has 0 aliphatic rings. The van der Waals surface area contributed by atoms with Crippen LogP contribution in [0.4, 0.5) is 0 Å². The topological polar surface area (TPSA) is 55.8 Å².